The van der Waals surface area contributed by atoms with Crippen molar-refractivity contribution in [3.05, 3.63) is 59.9 Å². The molecule has 128 valence electrons. The van der Waals surface area contributed by atoms with Crippen molar-refractivity contribution in [2.75, 3.05) is 20.4 Å². The molecular weight excluding hydrogens is 322 g/mol. The minimum absolute atomic E-state index is 0.179. The molecule has 0 radical (unpaired) electrons. The van der Waals surface area contributed by atoms with Crippen LogP contribution in [0.1, 0.15) is 22.2 Å². The number of methoxy groups -OCH3 is 1. The molecule has 0 aliphatic carbocycles. The van der Waals surface area contributed by atoms with Gasteiger partial charge in [0.2, 0.25) is 6.79 Å². The SMILES string of the molecule is COC(CNC(=O)c1ccc2c(c1)OCO2)c1cc2ccccc2o1. The van der Waals surface area contributed by atoms with E-state index >= 15 is 0 Å². The number of hydrogen-bond donors (Lipinski definition) is 1. The number of carbonyl (C=O) groups is 1. The quantitative estimate of drug-likeness (QED) is 0.772. The number of furan rings is 1. The molecule has 25 heavy (non-hydrogen) atoms. The molecule has 0 bridgehead atoms. The summed E-state index contributed by atoms with van der Waals surface area (Å²) in [7, 11) is 1.59. The highest BCUT2D eigenvalue weighted by Crippen LogP contribution is 2.32. The minimum Gasteiger partial charge on any atom is -0.458 e. The molecule has 1 aliphatic rings. The molecule has 2 aromatic carbocycles. The maximum atomic E-state index is 12.4. The fourth-order valence-electron chi connectivity index (χ4n) is 2.79. The molecule has 1 amide bonds. The second-order valence-electron chi connectivity index (χ2n) is 5.69. The Morgan fingerprint density at radius 3 is 2.84 bits per heavy atom. The fourth-order valence-corrected chi connectivity index (χ4v) is 2.79. The molecule has 4 rings (SSSR count). The minimum atomic E-state index is -0.370. The standard InChI is InChI=1S/C19H17NO5/c1-22-18(17-8-12-4-2-3-5-14(12)25-17)10-20-19(21)13-6-7-15-16(9-13)24-11-23-15/h2-9,18H,10-11H2,1H3,(H,20,21). The zero-order valence-electron chi connectivity index (χ0n) is 13.7. The van der Waals surface area contributed by atoms with Crippen LogP contribution in [0.25, 0.3) is 11.0 Å². The van der Waals surface area contributed by atoms with E-state index in [1.807, 2.05) is 30.3 Å². The van der Waals surface area contributed by atoms with Crippen LogP contribution in [0.4, 0.5) is 0 Å². The number of amides is 1. The smallest absolute Gasteiger partial charge is 0.251 e. The summed E-state index contributed by atoms with van der Waals surface area (Å²) in [6, 6.07) is 14.8. The molecule has 6 heteroatoms. The van der Waals surface area contributed by atoms with Gasteiger partial charge in [-0.05, 0) is 30.3 Å². The van der Waals surface area contributed by atoms with Gasteiger partial charge in [0, 0.05) is 18.1 Å². The number of ether oxygens (including phenoxy) is 3. The summed E-state index contributed by atoms with van der Waals surface area (Å²) in [5.74, 6) is 1.69. The molecule has 0 saturated heterocycles. The van der Waals surface area contributed by atoms with Gasteiger partial charge in [0.05, 0.1) is 6.54 Å². The summed E-state index contributed by atoms with van der Waals surface area (Å²) in [5.41, 5.74) is 1.30. The maximum absolute atomic E-state index is 12.4. The molecule has 1 unspecified atom stereocenters. The normalized spacial score (nSPS) is 13.8. The largest absolute Gasteiger partial charge is 0.458 e. The molecule has 3 aromatic rings. The van der Waals surface area contributed by atoms with Crippen molar-refractivity contribution in [3.8, 4) is 11.5 Å². The van der Waals surface area contributed by atoms with Crippen LogP contribution >= 0.6 is 0 Å². The lowest BCUT2D eigenvalue weighted by atomic mass is 10.1. The molecule has 1 aliphatic heterocycles. The first-order chi connectivity index (χ1) is 12.2. The summed E-state index contributed by atoms with van der Waals surface area (Å²) in [6.45, 7) is 0.474. The predicted molar refractivity (Wildman–Crippen MR) is 90.9 cm³/mol. The predicted octanol–water partition coefficient (Wildman–Crippen LogP) is 3.28. The zero-order valence-corrected chi connectivity index (χ0v) is 13.7. The highest BCUT2D eigenvalue weighted by atomic mass is 16.7. The van der Waals surface area contributed by atoms with Crippen molar-refractivity contribution in [1.29, 1.82) is 0 Å². The first-order valence-corrected chi connectivity index (χ1v) is 7.94. The van der Waals surface area contributed by atoms with Crippen LogP contribution < -0.4 is 14.8 Å². The third kappa shape index (κ3) is 3.04. The molecule has 0 spiro atoms. The molecule has 0 saturated carbocycles. The number of hydrogen-bond acceptors (Lipinski definition) is 5. The average Bonchev–Trinajstić information content (AvgIpc) is 3.27. The van der Waals surface area contributed by atoms with Crippen molar-refractivity contribution in [3.63, 3.8) is 0 Å². The fraction of sp³-hybridized carbons (Fsp3) is 0.211. The van der Waals surface area contributed by atoms with Gasteiger partial charge in [-0.2, -0.15) is 0 Å². The van der Waals surface area contributed by atoms with Crippen LogP contribution in [0.5, 0.6) is 11.5 Å². The van der Waals surface area contributed by atoms with Gasteiger partial charge in [-0.15, -0.1) is 0 Å². The van der Waals surface area contributed by atoms with E-state index in [1.54, 1.807) is 25.3 Å². The maximum Gasteiger partial charge on any atom is 0.251 e. The second-order valence-corrected chi connectivity index (χ2v) is 5.69. The topological polar surface area (TPSA) is 69.9 Å². The first kappa shape index (κ1) is 15.5. The van der Waals surface area contributed by atoms with E-state index in [-0.39, 0.29) is 18.8 Å². The van der Waals surface area contributed by atoms with E-state index in [0.29, 0.717) is 29.4 Å². The Labute approximate surface area is 144 Å². The molecule has 1 N–H and O–H groups in total. The van der Waals surface area contributed by atoms with E-state index in [0.717, 1.165) is 11.0 Å². The first-order valence-electron chi connectivity index (χ1n) is 7.94. The van der Waals surface area contributed by atoms with Gasteiger partial charge < -0.3 is 23.9 Å². The Morgan fingerprint density at radius 2 is 2.00 bits per heavy atom. The van der Waals surface area contributed by atoms with Crippen LogP contribution in [0.15, 0.2) is 52.9 Å². The molecular formula is C19H17NO5. The molecule has 1 aromatic heterocycles. The number of benzene rings is 2. The van der Waals surface area contributed by atoms with E-state index in [4.69, 9.17) is 18.6 Å². The lowest BCUT2D eigenvalue weighted by Gasteiger charge is -2.14. The van der Waals surface area contributed by atoms with Crippen LogP contribution in [0.3, 0.4) is 0 Å². The third-order valence-electron chi connectivity index (χ3n) is 4.13. The van der Waals surface area contributed by atoms with E-state index in [9.17, 15) is 4.79 Å². The van der Waals surface area contributed by atoms with Gasteiger partial charge >= 0.3 is 0 Å². The zero-order chi connectivity index (χ0) is 17.2. The van der Waals surface area contributed by atoms with Gasteiger partial charge in [0.25, 0.3) is 5.91 Å². The molecule has 1 atom stereocenters. The summed E-state index contributed by atoms with van der Waals surface area (Å²) in [5, 5.41) is 3.87. The van der Waals surface area contributed by atoms with Gasteiger partial charge in [0.15, 0.2) is 11.5 Å². The summed E-state index contributed by atoms with van der Waals surface area (Å²) < 4.78 is 21.8. The lowest BCUT2D eigenvalue weighted by Crippen LogP contribution is -2.29. The van der Waals surface area contributed by atoms with Gasteiger partial charge in [-0.1, -0.05) is 18.2 Å². The monoisotopic (exact) mass is 339 g/mol. The summed E-state index contributed by atoms with van der Waals surface area (Å²) in [6.07, 6.45) is -0.370. The molecule has 2 heterocycles. The van der Waals surface area contributed by atoms with Crippen LogP contribution in [0, 0.1) is 0 Å². The second kappa shape index (κ2) is 6.49. The Bertz CT molecular complexity index is 884. The van der Waals surface area contributed by atoms with Crippen LogP contribution in [-0.4, -0.2) is 26.4 Å². The highest BCUT2D eigenvalue weighted by molar-refractivity contribution is 5.95. The third-order valence-corrected chi connectivity index (χ3v) is 4.13. The lowest BCUT2D eigenvalue weighted by molar-refractivity contribution is 0.0747. The van der Waals surface area contributed by atoms with Gasteiger partial charge in [-0.3, -0.25) is 4.79 Å². The van der Waals surface area contributed by atoms with Crippen molar-refractivity contribution >= 4 is 16.9 Å². The number of fused-ring (bicyclic) bond motifs is 2. The number of para-hydroxylation sites is 1. The summed E-state index contributed by atoms with van der Waals surface area (Å²) >= 11 is 0. The number of nitrogens with one attached hydrogen (secondary N) is 1. The number of carbonyl (C=O) groups excluding carboxylic acids is 1. The Kier molecular flexibility index (Phi) is 4.03. The summed E-state index contributed by atoms with van der Waals surface area (Å²) in [4.78, 5) is 12.4. The van der Waals surface area contributed by atoms with Gasteiger partial charge in [-0.25, -0.2) is 0 Å². The Morgan fingerprint density at radius 1 is 1.16 bits per heavy atom. The Balaban J connectivity index is 1.46. The average molecular weight is 339 g/mol. The number of rotatable bonds is 5. The van der Waals surface area contributed by atoms with Crippen LogP contribution in [-0.2, 0) is 4.74 Å². The highest BCUT2D eigenvalue weighted by Gasteiger charge is 2.19. The Hall–Kier alpha value is -2.99. The van der Waals surface area contributed by atoms with Crippen molar-refractivity contribution < 1.29 is 23.4 Å². The molecule has 0 fully saturated rings. The van der Waals surface area contributed by atoms with E-state index in [1.165, 1.54) is 0 Å². The van der Waals surface area contributed by atoms with Gasteiger partial charge in [0.1, 0.15) is 17.4 Å². The van der Waals surface area contributed by atoms with Crippen molar-refractivity contribution in [2.45, 2.75) is 6.10 Å². The molecule has 6 nitrogen and oxygen atoms in total. The van der Waals surface area contributed by atoms with Crippen LogP contribution in [0.2, 0.25) is 0 Å². The van der Waals surface area contributed by atoms with Crippen molar-refractivity contribution in [1.82, 2.24) is 5.32 Å². The van der Waals surface area contributed by atoms with Crippen molar-refractivity contribution in [2.24, 2.45) is 0 Å². The van der Waals surface area contributed by atoms with E-state index in [2.05, 4.69) is 5.32 Å². The van der Waals surface area contributed by atoms with E-state index < -0.39 is 0 Å².